The van der Waals surface area contributed by atoms with Crippen molar-refractivity contribution in [2.24, 2.45) is 5.92 Å². The molecule has 0 unspecified atom stereocenters. The molecule has 2 atom stereocenters. The Kier molecular flexibility index (Phi) is 2.94. The molecule has 1 aliphatic rings. The number of likely N-dealkylation sites (tertiary alicyclic amines) is 1. The van der Waals surface area contributed by atoms with E-state index in [1.54, 1.807) is 0 Å². The largest absolute Gasteiger partial charge is 0.298 e. The lowest BCUT2D eigenvalue weighted by Crippen LogP contribution is -2.44. The molecule has 0 aromatic carbocycles. The third-order valence-electron chi connectivity index (χ3n) is 2.83. The minimum absolute atomic E-state index is 0.729. The second kappa shape index (κ2) is 3.57. The molecule has 66 valence electrons. The van der Waals surface area contributed by atoms with Gasteiger partial charge in [-0.2, -0.15) is 0 Å². The zero-order valence-electron chi connectivity index (χ0n) is 8.30. The van der Waals surface area contributed by atoms with Gasteiger partial charge < -0.3 is 0 Å². The highest BCUT2D eigenvalue weighted by Gasteiger charge is 2.24. The first-order valence-electron chi connectivity index (χ1n) is 4.87. The minimum atomic E-state index is 0.729. The highest BCUT2D eigenvalue weighted by atomic mass is 15.2. The average Bonchev–Trinajstić information content (AvgIpc) is 1.94. The summed E-state index contributed by atoms with van der Waals surface area (Å²) in [6, 6.07) is 1.54. The van der Waals surface area contributed by atoms with Crippen molar-refractivity contribution in [1.29, 1.82) is 0 Å². The fraction of sp³-hybridized carbons (Fsp3) is 1.00. The van der Waals surface area contributed by atoms with Gasteiger partial charge in [0.25, 0.3) is 0 Å². The van der Waals surface area contributed by atoms with Gasteiger partial charge in [-0.1, -0.05) is 6.92 Å². The van der Waals surface area contributed by atoms with Gasteiger partial charge in [0.2, 0.25) is 0 Å². The van der Waals surface area contributed by atoms with Crippen molar-refractivity contribution in [1.82, 2.24) is 4.90 Å². The van der Waals surface area contributed by atoms with Crippen LogP contribution in [0.3, 0.4) is 0 Å². The van der Waals surface area contributed by atoms with Gasteiger partial charge in [-0.15, -0.1) is 0 Å². The summed E-state index contributed by atoms with van der Waals surface area (Å²) in [5, 5.41) is 0. The molecule has 0 radical (unpaired) electrons. The van der Waals surface area contributed by atoms with Crippen molar-refractivity contribution in [3.63, 3.8) is 0 Å². The normalized spacial score (nSPS) is 34.6. The van der Waals surface area contributed by atoms with E-state index < -0.39 is 0 Å². The molecule has 0 aliphatic carbocycles. The summed E-state index contributed by atoms with van der Waals surface area (Å²) in [6.07, 6.45) is 2.81. The van der Waals surface area contributed by atoms with Crippen LogP contribution >= 0.6 is 0 Å². The average molecular weight is 155 g/mol. The highest BCUT2D eigenvalue weighted by Crippen LogP contribution is 2.22. The molecule has 1 aliphatic heterocycles. The Morgan fingerprint density at radius 2 is 1.82 bits per heavy atom. The maximum Gasteiger partial charge on any atom is 0.00698 e. The van der Waals surface area contributed by atoms with E-state index in [0.717, 1.165) is 18.0 Å². The van der Waals surface area contributed by atoms with Crippen molar-refractivity contribution in [3.05, 3.63) is 0 Å². The number of piperidine rings is 1. The first kappa shape index (κ1) is 9.05. The lowest BCUT2D eigenvalue weighted by Gasteiger charge is -2.39. The van der Waals surface area contributed by atoms with Crippen LogP contribution in [0.5, 0.6) is 0 Å². The quantitative estimate of drug-likeness (QED) is 0.562. The van der Waals surface area contributed by atoms with Crippen molar-refractivity contribution in [3.8, 4) is 0 Å². The third-order valence-corrected chi connectivity index (χ3v) is 2.83. The topological polar surface area (TPSA) is 3.24 Å². The second-order valence-corrected chi connectivity index (χ2v) is 4.32. The predicted molar refractivity (Wildman–Crippen MR) is 49.7 cm³/mol. The molecule has 0 bridgehead atoms. The van der Waals surface area contributed by atoms with E-state index in [4.69, 9.17) is 0 Å². The molecular formula is C10H21N. The van der Waals surface area contributed by atoms with Crippen LogP contribution in [0, 0.1) is 5.92 Å². The van der Waals surface area contributed by atoms with Crippen molar-refractivity contribution < 1.29 is 0 Å². The summed E-state index contributed by atoms with van der Waals surface area (Å²) in [5.41, 5.74) is 0. The first-order chi connectivity index (χ1) is 5.11. The Morgan fingerprint density at radius 3 is 2.27 bits per heavy atom. The molecule has 1 saturated heterocycles. The summed E-state index contributed by atoms with van der Waals surface area (Å²) in [4.78, 5) is 2.62. The fourth-order valence-corrected chi connectivity index (χ4v) is 2.04. The van der Waals surface area contributed by atoms with Crippen LogP contribution in [0.1, 0.15) is 40.5 Å². The summed E-state index contributed by atoms with van der Waals surface area (Å²) in [5.74, 6) is 0.911. The molecule has 1 heterocycles. The molecule has 11 heavy (non-hydrogen) atoms. The molecule has 1 fully saturated rings. The zero-order chi connectivity index (χ0) is 8.43. The predicted octanol–water partition coefficient (Wildman–Crippen LogP) is 2.52. The van der Waals surface area contributed by atoms with Gasteiger partial charge in [-0.3, -0.25) is 4.90 Å². The molecule has 0 spiro atoms. The summed E-state index contributed by atoms with van der Waals surface area (Å²) in [6.45, 7) is 10.6. The number of hydrogen-bond donors (Lipinski definition) is 0. The van der Waals surface area contributed by atoms with Crippen LogP contribution in [-0.4, -0.2) is 23.5 Å². The number of rotatable bonds is 1. The molecule has 0 aromatic rings. The van der Waals surface area contributed by atoms with Gasteiger partial charge in [0.1, 0.15) is 0 Å². The van der Waals surface area contributed by atoms with E-state index in [1.165, 1.54) is 19.4 Å². The highest BCUT2D eigenvalue weighted by molar-refractivity contribution is 4.78. The summed E-state index contributed by atoms with van der Waals surface area (Å²) < 4.78 is 0. The van der Waals surface area contributed by atoms with Gasteiger partial charge in [-0.25, -0.2) is 0 Å². The van der Waals surface area contributed by atoms with Crippen LogP contribution in [0.4, 0.5) is 0 Å². The van der Waals surface area contributed by atoms with Crippen LogP contribution in [0.2, 0.25) is 0 Å². The Hall–Kier alpha value is -0.0400. The van der Waals surface area contributed by atoms with E-state index in [1.807, 2.05) is 0 Å². The maximum absolute atomic E-state index is 2.62. The molecule has 1 rings (SSSR count). The van der Waals surface area contributed by atoms with Crippen molar-refractivity contribution in [2.45, 2.75) is 52.6 Å². The standard InChI is InChI=1S/C10H21N/c1-8(2)11-7-9(3)5-6-10(11)4/h8-10H,5-7H2,1-4H3/t9-,10-/m1/s1. The van der Waals surface area contributed by atoms with Gasteiger partial charge >= 0.3 is 0 Å². The minimum Gasteiger partial charge on any atom is -0.298 e. The van der Waals surface area contributed by atoms with Crippen molar-refractivity contribution >= 4 is 0 Å². The summed E-state index contributed by atoms with van der Waals surface area (Å²) in [7, 11) is 0. The van der Waals surface area contributed by atoms with Gasteiger partial charge in [0.05, 0.1) is 0 Å². The number of nitrogens with zero attached hydrogens (tertiary/aromatic N) is 1. The molecule has 1 heteroatoms. The van der Waals surface area contributed by atoms with E-state index in [2.05, 4.69) is 32.6 Å². The van der Waals surface area contributed by atoms with Crippen LogP contribution < -0.4 is 0 Å². The van der Waals surface area contributed by atoms with Gasteiger partial charge in [0.15, 0.2) is 0 Å². The molecule has 0 saturated carbocycles. The number of hydrogen-bond acceptors (Lipinski definition) is 1. The smallest absolute Gasteiger partial charge is 0.00698 e. The monoisotopic (exact) mass is 155 g/mol. The van der Waals surface area contributed by atoms with Crippen LogP contribution in [-0.2, 0) is 0 Å². The van der Waals surface area contributed by atoms with E-state index >= 15 is 0 Å². The molecule has 0 amide bonds. The first-order valence-corrected chi connectivity index (χ1v) is 4.87. The molecule has 0 N–H and O–H groups in total. The van der Waals surface area contributed by atoms with Gasteiger partial charge in [-0.05, 0) is 39.5 Å². The lowest BCUT2D eigenvalue weighted by molar-refractivity contribution is 0.0925. The SMILES string of the molecule is CC(C)N1C[C@H](C)CC[C@H]1C. The summed E-state index contributed by atoms with van der Waals surface area (Å²) >= 11 is 0. The Balaban J connectivity index is 2.47. The van der Waals surface area contributed by atoms with E-state index in [0.29, 0.717) is 0 Å². The van der Waals surface area contributed by atoms with E-state index in [-0.39, 0.29) is 0 Å². The molecule has 1 nitrogen and oxygen atoms in total. The van der Waals surface area contributed by atoms with Crippen LogP contribution in [0.25, 0.3) is 0 Å². The third kappa shape index (κ3) is 2.19. The Morgan fingerprint density at radius 1 is 1.18 bits per heavy atom. The molecule has 0 aromatic heterocycles. The Labute approximate surface area is 70.8 Å². The fourth-order valence-electron chi connectivity index (χ4n) is 2.04. The molecular weight excluding hydrogens is 134 g/mol. The van der Waals surface area contributed by atoms with Crippen LogP contribution in [0.15, 0.2) is 0 Å². The van der Waals surface area contributed by atoms with E-state index in [9.17, 15) is 0 Å². The van der Waals surface area contributed by atoms with Gasteiger partial charge in [0, 0.05) is 18.6 Å². The second-order valence-electron chi connectivity index (χ2n) is 4.32. The maximum atomic E-state index is 2.62. The Bertz CT molecular complexity index is 120. The lowest BCUT2D eigenvalue weighted by atomic mass is 9.94. The zero-order valence-corrected chi connectivity index (χ0v) is 8.30. The van der Waals surface area contributed by atoms with Crippen molar-refractivity contribution in [2.75, 3.05) is 6.54 Å².